The first-order valence-corrected chi connectivity index (χ1v) is 6.07. The van der Waals surface area contributed by atoms with E-state index >= 15 is 0 Å². The molecule has 2 aromatic rings. The van der Waals surface area contributed by atoms with Crippen LogP contribution >= 0.6 is 15.9 Å². The maximum atomic E-state index is 13.2. The molecule has 18 heavy (non-hydrogen) atoms. The maximum absolute atomic E-state index is 13.2. The fourth-order valence-electron chi connectivity index (χ4n) is 1.56. The lowest BCUT2D eigenvalue weighted by Crippen LogP contribution is -2.22. The van der Waals surface area contributed by atoms with Gasteiger partial charge in [0.2, 0.25) is 0 Å². The zero-order valence-electron chi connectivity index (χ0n) is 9.65. The highest BCUT2D eigenvalue weighted by Crippen LogP contribution is 2.15. The summed E-state index contributed by atoms with van der Waals surface area (Å²) < 4.78 is 15.1. The van der Waals surface area contributed by atoms with E-state index in [1.807, 2.05) is 0 Å². The summed E-state index contributed by atoms with van der Waals surface area (Å²) in [5.41, 5.74) is 1.09. The monoisotopic (exact) mass is 311 g/mol. The molecule has 6 heteroatoms. The van der Waals surface area contributed by atoms with Crippen molar-refractivity contribution in [3.63, 3.8) is 0 Å². The van der Waals surface area contributed by atoms with Gasteiger partial charge in [-0.05, 0) is 23.8 Å². The average Bonchev–Trinajstić information content (AvgIpc) is 2.30. The molecule has 0 aliphatic heterocycles. The van der Waals surface area contributed by atoms with Crippen LogP contribution in [-0.4, -0.2) is 16.8 Å². The molecule has 0 aliphatic rings. The summed E-state index contributed by atoms with van der Waals surface area (Å²) in [6.07, 6.45) is 1.55. The Morgan fingerprint density at radius 3 is 2.78 bits per heavy atom. The molecule has 0 spiro atoms. The van der Waals surface area contributed by atoms with Crippen LogP contribution in [0.2, 0.25) is 0 Å². The molecule has 4 nitrogen and oxygen atoms in total. The van der Waals surface area contributed by atoms with Crippen molar-refractivity contribution in [3.05, 3.63) is 56.7 Å². The second kappa shape index (κ2) is 5.30. The predicted octanol–water partition coefficient (Wildman–Crippen LogP) is 2.23. The van der Waals surface area contributed by atoms with E-state index in [9.17, 15) is 9.18 Å². The zero-order chi connectivity index (χ0) is 13.1. The van der Waals surface area contributed by atoms with Gasteiger partial charge in [-0.1, -0.05) is 15.9 Å². The standard InChI is InChI=1S/C12H11BrFN3O/c1-15-11-5-12(18)17(16-6-11)7-8-2-9(13)4-10(14)3-8/h2-6,15H,7H2,1H3. The molecule has 1 N–H and O–H groups in total. The second-order valence-corrected chi connectivity index (χ2v) is 4.68. The fraction of sp³-hybridized carbons (Fsp3) is 0.167. The van der Waals surface area contributed by atoms with Crippen LogP contribution in [0.5, 0.6) is 0 Å². The minimum Gasteiger partial charge on any atom is -0.387 e. The minimum atomic E-state index is -0.348. The number of nitrogens with zero attached hydrogens (tertiary/aromatic N) is 2. The quantitative estimate of drug-likeness (QED) is 0.945. The van der Waals surface area contributed by atoms with Gasteiger partial charge in [0.1, 0.15) is 5.82 Å². The van der Waals surface area contributed by atoms with E-state index in [0.717, 1.165) is 0 Å². The molecule has 2 rings (SSSR count). The molecule has 0 unspecified atom stereocenters. The van der Waals surface area contributed by atoms with Gasteiger partial charge in [0.05, 0.1) is 18.4 Å². The van der Waals surface area contributed by atoms with Gasteiger partial charge in [0.25, 0.3) is 5.56 Å². The highest BCUT2D eigenvalue weighted by Gasteiger charge is 2.03. The topological polar surface area (TPSA) is 46.9 Å². The molecular weight excluding hydrogens is 301 g/mol. The van der Waals surface area contributed by atoms with Gasteiger partial charge in [-0.15, -0.1) is 0 Å². The first kappa shape index (κ1) is 12.8. The number of anilines is 1. The van der Waals surface area contributed by atoms with E-state index in [2.05, 4.69) is 26.3 Å². The number of benzene rings is 1. The van der Waals surface area contributed by atoms with Gasteiger partial charge in [0, 0.05) is 17.6 Å². The van der Waals surface area contributed by atoms with Crippen molar-refractivity contribution in [2.75, 3.05) is 12.4 Å². The van der Waals surface area contributed by atoms with Crippen molar-refractivity contribution < 1.29 is 4.39 Å². The second-order valence-electron chi connectivity index (χ2n) is 3.77. The Balaban J connectivity index is 2.31. The van der Waals surface area contributed by atoms with Crippen molar-refractivity contribution in [3.8, 4) is 0 Å². The van der Waals surface area contributed by atoms with Crippen molar-refractivity contribution in [1.29, 1.82) is 0 Å². The summed E-state index contributed by atoms with van der Waals surface area (Å²) in [5, 5.41) is 6.84. The van der Waals surface area contributed by atoms with E-state index in [1.165, 1.54) is 22.9 Å². The van der Waals surface area contributed by atoms with Crippen LogP contribution < -0.4 is 10.9 Å². The van der Waals surface area contributed by atoms with Gasteiger partial charge in [-0.2, -0.15) is 5.10 Å². The van der Waals surface area contributed by atoms with Gasteiger partial charge in [-0.25, -0.2) is 9.07 Å². The molecule has 0 saturated heterocycles. The Hall–Kier alpha value is -1.69. The molecule has 0 radical (unpaired) electrons. The Kier molecular flexibility index (Phi) is 3.76. The van der Waals surface area contributed by atoms with Crippen LogP contribution in [0.3, 0.4) is 0 Å². The molecule has 1 aromatic carbocycles. The van der Waals surface area contributed by atoms with E-state index in [1.54, 1.807) is 19.3 Å². The average molecular weight is 312 g/mol. The predicted molar refractivity (Wildman–Crippen MR) is 71.2 cm³/mol. The van der Waals surface area contributed by atoms with Crippen LogP contribution in [0, 0.1) is 5.82 Å². The summed E-state index contributed by atoms with van der Waals surface area (Å²) >= 11 is 3.21. The molecule has 0 saturated carbocycles. The van der Waals surface area contributed by atoms with Gasteiger partial charge >= 0.3 is 0 Å². The molecule has 0 atom stereocenters. The summed E-state index contributed by atoms with van der Waals surface area (Å²) in [7, 11) is 1.71. The van der Waals surface area contributed by atoms with Crippen LogP contribution in [0.15, 0.2) is 39.7 Å². The molecule has 1 heterocycles. The van der Waals surface area contributed by atoms with Crippen LogP contribution in [-0.2, 0) is 6.54 Å². The lowest BCUT2D eigenvalue weighted by Gasteiger charge is -2.06. The number of rotatable bonds is 3. The van der Waals surface area contributed by atoms with E-state index in [-0.39, 0.29) is 17.9 Å². The Bertz CT molecular complexity index is 607. The first-order valence-electron chi connectivity index (χ1n) is 5.28. The SMILES string of the molecule is CNc1cnn(Cc2cc(F)cc(Br)c2)c(=O)c1. The summed E-state index contributed by atoms with van der Waals surface area (Å²) in [6.45, 7) is 0.235. The highest BCUT2D eigenvalue weighted by molar-refractivity contribution is 9.10. The van der Waals surface area contributed by atoms with Crippen molar-refractivity contribution in [1.82, 2.24) is 9.78 Å². The lowest BCUT2D eigenvalue weighted by molar-refractivity contribution is 0.610. The Morgan fingerprint density at radius 2 is 2.17 bits per heavy atom. The third kappa shape index (κ3) is 2.95. The Morgan fingerprint density at radius 1 is 1.39 bits per heavy atom. The van der Waals surface area contributed by atoms with E-state index in [0.29, 0.717) is 15.7 Å². The van der Waals surface area contributed by atoms with Gasteiger partial charge < -0.3 is 5.32 Å². The van der Waals surface area contributed by atoms with Crippen molar-refractivity contribution in [2.45, 2.75) is 6.54 Å². The molecule has 0 fully saturated rings. The number of aromatic nitrogens is 2. The van der Waals surface area contributed by atoms with Crippen molar-refractivity contribution in [2.24, 2.45) is 0 Å². The molecule has 94 valence electrons. The van der Waals surface area contributed by atoms with Crippen LogP contribution in [0.1, 0.15) is 5.56 Å². The van der Waals surface area contributed by atoms with Crippen LogP contribution in [0.25, 0.3) is 0 Å². The third-order valence-corrected chi connectivity index (χ3v) is 2.87. The van der Waals surface area contributed by atoms with Crippen LogP contribution in [0.4, 0.5) is 10.1 Å². The van der Waals surface area contributed by atoms with E-state index in [4.69, 9.17) is 0 Å². The smallest absolute Gasteiger partial charge is 0.269 e. The molecule has 1 aromatic heterocycles. The maximum Gasteiger partial charge on any atom is 0.269 e. The summed E-state index contributed by atoms with van der Waals surface area (Å²) in [4.78, 5) is 11.7. The Labute approximate surface area is 112 Å². The third-order valence-electron chi connectivity index (χ3n) is 2.41. The highest BCUT2D eigenvalue weighted by atomic mass is 79.9. The normalized spacial score (nSPS) is 10.4. The zero-order valence-corrected chi connectivity index (χ0v) is 11.2. The molecule has 0 amide bonds. The number of halogens is 2. The van der Waals surface area contributed by atoms with E-state index < -0.39 is 0 Å². The summed E-state index contributed by atoms with van der Waals surface area (Å²) in [6, 6.07) is 5.94. The summed E-state index contributed by atoms with van der Waals surface area (Å²) in [5.74, 6) is -0.348. The molecule has 0 bridgehead atoms. The lowest BCUT2D eigenvalue weighted by atomic mass is 10.2. The largest absolute Gasteiger partial charge is 0.387 e. The number of nitrogens with one attached hydrogen (secondary N) is 1. The fourth-order valence-corrected chi connectivity index (χ4v) is 2.08. The number of hydrogen-bond donors (Lipinski definition) is 1. The van der Waals surface area contributed by atoms with Gasteiger partial charge in [0.15, 0.2) is 0 Å². The van der Waals surface area contributed by atoms with Crippen molar-refractivity contribution >= 4 is 21.6 Å². The first-order chi connectivity index (χ1) is 8.58. The number of hydrogen-bond acceptors (Lipinski definition) is 3. The molecular formula is C12H11BrFN3O. The van der Waals surface area contributed by atoms with Gasteiger partial charge in [-0.3, -0.25) is 4.79 Å². The molecule has 0 aliphatic carbocycles. The minimum absolute atomic E-state index is 0.234.